The Kier molecular flexibility index (Phi) is 4.00. The van der Waals surface area contributed by atoms with Crippen molar-refractivity contribution in [2.75, 3.05) is 5.73 Å². The summed E-state index contributed by atoms with van der Waals surface area (Å²) in [7, 11) is 0. The van der Waals surface area contributed by atoms with Gasteiger partial charge in [0.15, 0.2) is 0 Å². The third kappa shape index (κ3) is 3.28. The van der Waals surface area contributed by atoms with E-state index in [0.29, 0.717) is 0 Å². The highest BCUT2D eigenvalue weighted by atomic mass is 16.5. The average molecular weight is 331 g/mol. The monoisotopic (exact) mass is 331 g/mol. The van der Waals surface area contributed by atoms with Gasteiger partial charge in [0, 0.05) is 23.7 Å². The molecule has 2 aromatic heterocycles. The molecule has 0 aliphatic carbocycles. The fourth-order valence-corrected chi connectivity index (χ4v) is 2.69. The van der Waals surface area contributed by atoms with Crippen molar-refractivity contribution in [3.8, 4) is 16.9 Å². The summed E-state index contributed by atoms with van der Waals surface area (Å²) in [4.78, 5) is 0. The van der Waals surface area contributed by atoms with E-state index in [1.165, 1.54) is 0 Å². The van der Waals surface area contributed by atoms with Crippen molar-refractivity contribution in [3.63, 3.8) is 0 Å². The zero-order valence-electron chi connectivity index (χ0n) is 13.5. The van der Waals surface area contributed by atoms with Crippen LogP contribution in [0.1, 0.15) is 11.5 Å². The highest BCUT2D eigenvalue weighted by Crippen LogP contribution is 2.20. The van der Waals surface area contributed by atoms with Crippen LogP contribution >= 0.6 is 0 Å². The maximum absolute atomic E-state index is 5.74. The summed E-state index contributed by atoms with van der Waals surface area (Å²) in [5.41, 5.74) is 10.3. The molecule has 0 amide bonds. The zero-order chi connectivity index (χ0) is 17.1. The Morgan fingerprint density at radius 2 is 1.76 bits per heavy atom. The summed E-state index contributed by atoms with van der Waals surface area (Å²) in [6.45, 7) is 0. The van der Waals surface area contributed by atoms with Crippen molar-refractivity contribution in [1.82, 2.24) is 20.2 Å². The van der Waals surface area contributed by atoms with Crippen LogP contribution in [0.15, 0.2) is 71.4 Å². The van der Waals surface area contributed by atoms with Crippen LogP contribution in [0.5, 0.6) is 0 Å². The number of rotatable bonds is 5. The first-order chi connectivity index (χ1) is 12.3. The molecule has 0 aliphatic rings. The Morgan fingerprint density at radius 3 is 2.56 bits per heavy atom. The number of hydrogen-bond acceptors (Lipinski definition) is 5. The van der Waals surface area contributed by atoms with E-state index in [2.05, 4.69) is 15.5 Å². The summed E-state index contributed by atoms with van der Waals surface area (Å²) in [6, 6.07) is 19.5. The number of benzene rings is 2. The van der Waals surface area contributed by atoms with Crippen molar-refractivity contribution in [2.45, 2.75) is 12.8 Å². The molecular weight excluding hydrogens is 314 g/mol. The van der Waals surface area contributed by atoms with E-state index in [-0.39, 0.29) is 0 Å². The predicted octanol–water partition coefficient (Wildman–Crippen LogP) is 3.29. The van der Waals surface area contributed by atoms with Crippen LogP contribution in [0.25, 0.3) is 16.9 Å². The summed E-state index contributed by atoms with van der Waals surface area (Å²) in [5.74, 6) is 0.837. The third-order valence-corrected chi connectivity index (χ3v) is 4.01. The molecule has 0 spiro atoms. The highest BCUT2D eigenvalue weighted by molar-refractivity contribution is 5.58. The molecule has 0 bridgehead atoms. The molecule has 2 heterocycles. The SMILES string of the molecule is Nc1ccc(-n2nncc2CCc2cc(-c3ccccc3)no2)cc1. The topological polar surface area (TPSA) is 82.8 Å². The second kappa shape index (κ2) is 6.60. The van der Waals surface area contributed by atoms with Crippen LogP contribution in [0, 0.1) is 0 Å². The number of nitrogens with zero attached hydrogens (tertiary/aromatic N) is 4. The van der Waals surface area contributed by atoms with Gasteiger partial charge >= 0.3 is 0 Å². The van der Waals surface area contributed by atoms with Crippen molar-refractivity contribution >= 4 is 5.69 Å². The van der Waals surface area contributed by atoms with Gasteiger partial charge in [0.1, 0.15) is 11.5 Å². The Morgan fingerprint density at radius 1 is 0.960 bits per heavy atom. The molecule has 4 rings (SSSR count). The second-order valence-corrected chi connectivity index (χ2v) is 5.77. The van der Waals surface area contributed by atoms with Gasteiger partial charge < -0.3 is 10.3 Å². The van der Waals surface area contributed by atoms with Gasteiger partial charge in [-0.15, -0.1) is 5.10 Å². The molecule has 124 valence electrons. The van der Waals surface area contributed by atoms with Crippen LogP contribution < -0.4 is 5.73 Å². The van der Waals surface area contributed by atoms with Crippen LogP contribution in [-0.4, -0.2) is 20.2 Å². The smallest absolute Gasteiger partial charge is 0.137 e. The lowest BCUT2D eigenvalue weighted by atomic mass is 10.1. The third-order valence-electron chi connectivity index (χ3n) is 4.01. The summed E-state index contributed by atoms with van der Waals surface area (Å²) in [6.07, 6.45) is 3.24. The molecule has 6 nitrogen and oxygen atoms in total. The summed E-state index contributed by atoms with van der Waals surface area (Å²) >= 11 is 0. The van der Waals surface area contributed by atoms with Gasteiger partial charge in [-0.1, -0.05) is 40.7 Å². The number of hydrogen-bond donors (Lipinski definition) is 1. The molecule has 0 saturated heterocycles. The van der Waals surface area contributed by atoms with Crippen LogP contribution in [0.2, 0.25) is 0 Å². The van der Waals surface area contributed by atoms with Crippen LogP contribution in [0.4, 0.5) is 5.69 Å². The van der Waals surface area contributed by atoms with Gasteiger partial charge in [0.05, 0.1) is 17.6 Å². The number of nitrogens with two attached hydrogens (primary N) is 1. The van der Waals surface area contributed by atoms with E-state index in [9.17, 15) is 0 Å². The molecule has 6 heteroatoms. The largest absolute Gasteiger partial charge is 0.399 e. The van der Waals surface area contributed by atoms with Gasteiger partial charge in [0.25, 0.3) is 0 Å². The summed E-state index contributed by atoms with van der Waals surface area (Å²) in [5, 5.41) is 12.3. The van der Waals surface area contributed by atoms with Crippen molar-refractivity contribution in [2.24, 2.45) is 0 Å². The molecule has 0 unspecified atom stereocenters. The van der Waals surface area contributed by atoms with E-state index in [0.717, 1.165) is 46.9 Å². The number of aryl methyl sites for hydroxylation is 2. The van der Waals surface area contributed by atoms with E-state index < -0.39 is 0 Å². The molecule has 2 N–H and O–H groups in total. The molecule has 0 radical (unpaired) electrons. The Balaban J connectivity index is 1.49. The van der Waals surface area contributed by atoms with E-state index in [1.807, 2.05) is 65.3 Å². The minimum Gasteiger partial charge on any atom is -0.399 e. The zero-order valence-corrected chi connectivity index (χ0v) is 13.5. The minimum atomic E-state index is 0.723. The Labute approximate surface area is 144 Å². The molecule has 25 heavy (non-hydrogen) atoms. The first-order valence-electron chi connectivity index (χ1n) is 8.06. The second-order valence-electron chi connectivity index (χ2n) is 5.77. The van der Waals surface area contributed by atoms with E-state index >= 15 is 0 Å². The lowest BCUT2D eigenvalue weighted by Gasteiger charge is -2.05. The van der Waals surface area contributed by atoms with Crippen molar-refractivity contribution in [1.29, 1.82) is 0 Å². The van der Waals surface area contributed by atoms with Gasteiger partial charge in [0.2, 0.25) is 0 Å². The standard InChI is InChI=1S/C19H17N5O/c20-15-6-8-16(9-7-15)24-17(13-21-23-24)10-11-18-12-19(22-25-18)14-4-2-1-3-5-14/h1-9,12-13H,10-11,20H2. The van der Waals surface area contributed by atoms with Crippen LogP contribution in [0.3, 0.4) is 0 Å². The first kappa shape index (κ1) is 15.1. The molecule has 0 atom stereocenters. The molecule has 4 aromatic rings. The fraction of sp³-hybridized carbons (Fsp3) is 0.105. The molecule has 0 fully saturated rings. The van der Waals surface area contributed by atoms with E-state index in [1.54, 1.807) is 6.20 Å². The minimum absolute atomic E-state index is 0.723. The Bertz CT molecular complexity index is 957. The van der Waals surface area contributed by atoms with Gasteiger partial charge in [-0.3, -0.25) is 0 Å². The van der Waals surface area contributed by atoms with E-state index in [4.69, 9.17) is 10.3 Å². The molecular formula is C19H17N5O. The highest BCUT2D eigenvalue weighted by Gasteiger charge is 2.10. The maximum Gasteiger partial charge on any atom is 0.137 e. The lowest BCUT2D eigenvalue weighted by molar-refractivity contribution is 0.384. The maximum atomic E-state index is 5.74. The Hall–Kier alpha value is -3.41. The molecule has 0 aliphatic heterocycles. The van der Waals surface area contributed by atoms with Gasteiger partial charge in [-0.2, -0.15) is 0 Å². The fourth-order valence-electron chi connectivity index (χ4n) is 2.69. The van der Waals surface area contributed by atoms with Crippen molar-refractivity contribution < 1.29 is 4.52 Å². The number of aromatic nitrogens is 4. The molecule has 0 saturated carbocycles. The first-order valence-corrected chi connectivity index (χ1v) is 8.06. The van der Waals surface area contributed by atoms with Gasteiger partial charge in [-0.05, 0) is 30.7 Å². The van der Waals surface area contributed by atoms with Crippen LogP contribution in [-0.2, 0) is 12.8 Å². The molecule has 2 aromatic carbocycles. The predicted molar refractivity (Wildman–Crippen MR) is 95.1 cm³/mol. The van der Waals surface area contributed by atoms with Gasteiger partial charge in [-0.25, -0.2) is 4.68 Å². The lowest BCUT2D eigenvalue weighted by Crippen LogP contribution is -2.03. The number of anilines is 1. The number of nitrogen functional groups attached to an aromatic ring is 1. The average Bonchev–Trinajstić information content (AvgIpc) is 3.31. The summed E-state index contributed by atoms with van der Waals surface area (Å²) < 4.78 is 7.28. The quantitative estimate of drug-likeness (QED) is 0.567. The van der Waals surface area contributed by atoms with Crippen molar-refractivity contribution in [3.05, 3.63) is 78.3 Å². The normalized spacial score (nSPS) is 10.9.